The largest absolute Gasteiger partial charge is 0.338 e. The topological polar surface area (TPSA) is 118 Å². The van der Waals surface area contributed by atoms with Crippen LogP contribution in [0.25, 0.3) is 16.9 Å². The van der Waals surface area contributed by atoms with Gasteiger partial charge in [0.25, 0.3) is 0 Å². The van der Waals surface area contributed by atoms with Crippen molar-refractivity contribution >= 4 is 27.3 Å². The number of nitrogens with one attached hydrogen (secondary N) is 2. The van der Waals surface area contributed by atoms with Crippen LogP contribution >= 0.6 is 0 Å². The van der Waals surface area contributed by atoms with Crippen LogP contribution in [0, 0.1) is 0 Å². The number of hydrogen-bond acceptors (Lipinski definition) is 6. The van der Waals surface area contributed by atoms with Gasteiger partial charge in [-0.15, -0.1) is 0 Å². The average molecular weight is 388 g/mol. The molecular formula is C17H20N6O3S. The first-order chi connectivity index (χ1) is 12.9. The lowest BCUT2D eigenvalue weighted by Gasteiger charge is -2.07. The molecule has 10 heteroatoms. The van der Waals surface area contributed by atoms with Crippen molar-refractivity contribution in [1.82, 2.24) is 24.7 Å². The van der Waals surface area contributed by atoms with Gasteiger partial charge >= 0.3 is 6.03 Å². The molecule has 2 N–H and O–H groups in total. The number of aromatic nitrogens is 4. The predicted octanol–water partition coefficient (Wildman–Crippen LogP) is 1.52. The Hall–Kier alpha value is -3.01. The molecule has 3 aromatic rings. The molecule has 27 heavy (non-hydrogen) atoms. The smallest absolute Gasteiger partial charge is 0.320 e. The molecule has 142 valence electrons. The van der Waals surface area contributed by atoms with E-state index in [-0.39, 0.29) is 18.2 Å². The molecule has 0 atom stereocenters. The van der Waals surface area contributed by atoms with Gasteiger partial charge in [0, 0.05) is 43.2 Å². The van der Waals surface area contributed by atoms with Gasteiger partial charge in [0.15, 0.2) is 5.82 Å². The van der Waals surface area contributed by atoms with E-state index < -0.39 is 9.84 Å². The number of fused-ring (bicyclic) bond motifs is 1. The Balaban J connectivity index is 2.04. The van der Waals surface area contributed by atoms with E-state index in [1.165, 1.54) is 6.26 Å². The highest BCUT2D eigenvalue weighted by Gasteiger charge is 2.14. The van der Waals surface area contributed by atoms with E-state index in [9.17, 15) is 13.2 Å². The first-order valence-electron chi connectivity index (χ1n) is 8.37. The van der Waals surface area contributed by atoms with Gasteiger partial charge in [-0.2, -0.15) is 0 Å². The number of pyridine rings is 1. The maximum absolute atomic E-state index is 11.7. The number of carbonyl (C=O) groups excluding carboxylic acids is 1. The molecule has 0 bridgehead atoms. The average Bonchev–Trinajstić information content (AvgIpc) is 3.02. The van der Waals surface area contributed by atoms with E-state index in [0.29, 0.717) is 29.5 Å². The first-order valence-corrected chi connectivity index (χ1v) is 10.4. The minimum Gasteiger partial charge on any atom is -0.338 e. The summed E-state index contributed by atoms with van der Waals surface area (Å²) in [6.07, 6.45) is 6.38. The molecule has 0 radical (unpaired) electrons. The molecule has 0 fully saturated rings. The second-order valence-electron chi connectivity index (χ2n) is 6.02. The highest BCUT2D eigenvalue weighted by Crippen LogP contribution is 2.21. The van der Waals surface area contributed by atoms with Gasteiger partial charge in [-0.05, 0) is 19.1 Å². The van der Waals surface area contributed by atoms with Crippen LogP contribution in [0.15, 0.2) is 36.8 Å². The van der Waals surface area contributed by atoms with Crippen LogP contribution in [0.3, 0.4) is 0 Å². The molecule has 3 heterocycles. The van der Waals surface area contributed by atoms with Crippen LogP contribution in [-0.2, 0) is 16.3 Å². The van der Waals surface area contributed by atoms with E-state index in [1.807, 2.05) is 13.0 Å². The summed E-state index contributed by atoms with van der Waals surface area (Å²) < 4.78 is 24.9. The van der Waals surface area contributed by atoms with Gasteiger partial charge < -0.3 is 5.32 Å². The number of hydrogen-bond donors (Lipinski definition) is 2. The van der Waals surface area contributed by atoms with Crippen LogP contribution in [0.2, 0.25) is 0 Å². The zero-order chi connectivity index (χ0) is 19.4. The highest BCUT2D eigenvalue weighted by molar-refractivity contribution is 7.90. The molecule has 0 unspecified atom stereocenters. The maximum atomic E-state index is 11.7. The fourth-order valence-electron chi connectivity index (χ4n) is 2.55. The van der Waals surface area contributed by atoms with E-state index in [1.54, 1.807) is 35.1 Å². The molecule has 0 aliphatic carbocycles. The number of carbonyl (C=O) groups is 1. The molecule has 0 aromatic carbocycles. The zero-order valence-electron chi connectivity index (χ0n) is 15.0. The SMILES string of the molecule is CCNC(=O)Nc1cn2c(CCS(C)(=O)=O)nc(-c3cccnc3)cc2n1. The van der Waals surface area contributed by atoms with Gasteiger partial charge in [-0.25, -0.2) is 23.2 Å². The Morgan fingerprint density at radius 3 is 2.78 bits per heavy atom. The monoisotopic (exact) mass is 388 g/mol. The molecular weight excluding hydrogens is 368 g/mol. The van der Waals surface area contributed by atoms with E-state index in [0.717, 1.165) is 5.56 Å². The van der Waals surface area contributed by atoms with Gasteiger partial charge in [0.05, 0.1) is 17.6 Å². The number of amides is 2. The van der Waals surface area contributed by atoms with E-state index >= 15 is 0 Å². The summed E-state index contributed by atoms with van der Waals surface area (Å²) in [6.45, 7) is 2.31. The van der Waals surface area contributed by atoms with Crippen molar-refractivity contribution in [1.29, 1.82) is 0 Å². The number of nitrogens with zero attached hydrogens (tertiary/aromatic N) is 4. The standard InChI is InChI=1S/C17H20N6O3S/c1-3-19-17(24)22-14-11-23-15(6-8-27(2,25)26)20-13(9-16(23)21-14)12-5-4-7-18-10-12/h4-5,7,9-11H,3,6,8H2,1-2H3,(H2,19,22,24). The fraction of sp³-hybridized carbons (Fsp3) is 0.294. The van der Waals surface area contributed by atoms with Gasteiger partial charge in [0.1, 0.15) is 21.3 Å². The summed E-state index contributed by atoms with van der Waals surface area (Å²) >= 11 is 0. The number of imidazole rings is 1. The van der Waals surface area contributed by atoms with Crippen LogP contribution in [0.5, 0.6) is 0 Å². The summed E-state index contributed by atoms with van der Waals surface area (Å²) in [7, 11) is -3.15. The maximum Gasteiger partial charge on any atom is 0.320 e. The summed E-state index contributed by atoms with van der Waals surface area (Å²) in [5.41, 5.74) is 1.98. The summed E-state index contributed by atoms with van der Waals surface area (Å²) in [4.78, 5) is 24.8. The highest BCUT2D eigenvalue weighted by atomic mass is 32.2. The number of rotatable bonds is 6. The summed E-state index contributed by atoms with van der Waals surface area (Å²) in [5.74, 6) is 0.850. The second-order valence-corrected chi connectivity index (χ2v) is 8.28. The molecule has 0 aliphatic rings. The molecule has 3 rings (SSSR count). The Labute approximate surface area is 156 Å². The van der Waals surface area contributed by atoms with Crippen LogP contribution in [0.4, 0.5) is 10.6 Å². The normalized spacial score (nSPS) is 11.5. The van der Waals surface area contributed by atoms with E-state index in [2.05, 4.69) is 25.6 Å². The number of aryl methyl sites for hydroxylation is 1. The van der Waals surface area contributed by atoms with Crippen molar-refractivity contribution < 1.29 is 13.2 Å². The lowest BCUT2D eigenvalue weighted by Crippen LogP contribution is -2.28. The van der Waals surface area contributed by atoms with Gasteiger partial charge in [0.2, 0.25) is 0 Å². The van der Waals surface area contributed by atoms with Crippen LogP contribution < -0.4 is 10.6 Å². The fourth-order valence-corrected chi connectivity index (χ4v) is 3.10. The lowest BCUT2D eigenvalue weighted by molar-refractivity contribution is 0.252. The summed E-state index contributed by atoms with van der Waals surface area (Å²) in [6, 6.07) is 5.07. The molecule has 0 aliphatic heterocycles. The minimum atomic E-state index is -3.15. The predicted molar refractivity (Wildman–Crippen MR) is 102 cm³/mol. The third-order valence-electron chi connectivity index (χ3n) is 3.76. The van der Waals surface area contributed by atoms with E-state index in [4.69, 9.17) is 0 Å². The van der Waals surface area contributed by atoms with Crippen molar-refractivity contribution in [3.8, 4) is 11.3 Å². The zero-order valence-corrected chi connectivity index (χ0v) is 15.8. The van der Waals surface area contributed by atoms with Crippen molar-refractivity contribution in [2.75, 3.05) is 23.9 Å². The van der Waals surface area contributed by atoms with Crippen molar-refractivity contribution in [3.05, 3.63) is 42.6 Å². The Morgan fingerprint density at radius 1 is 1.30 bits per heavy atom. The molecule has 0 saturated carbocycles. The number of anilines is 1. The molecule has 2 amide bonds. The lowest BCUT2D eigenvalue weighted by atomic mass is 10.2. The van der Waals surface area contributed by atoms with Crippen molar-refractivity contribution in [2.45, 2.75) is 13.3 Å². The van der Waals surface area contributed by atoms with Crippen molar-refractivity contribution in [3.63, 3.8) is 0 Å². The number of urea groups is 1. The second kappa shape index (κ2) is 7.70. The quantitative estimate of drug-likeness (QED) is 0.661. The molecule has 0 saturated heterocycles. The Bertz CT molecular complexity index is 1060. The third-order valence-corrected chi connectivity index (χ3v) is 4.71. The molecule has 3 aromatic heterocycles. The van der Waals surface area contributed by atoms with Gasteiger partial charge in [-0.1, -0.05) is 0 Å². The van der Waals surface area contributed by atoms with Crippen LogP contribution in [0.1, 0.15) is 12.7 Å². The third kappa shape index (κ3) is 4.79. The Kier molecular flexibility index (Phi) is 5.36. The van der Waals surface area contributed by atoms with Crippen LogP contribution in [-0.4, -0.2) is 52.4 Å². The minimum absolute atomic E-state index is 0.0388. The summed E-state index contributed by atoms with van der Waals surface area (Å²) in [5, 5.41) is 5.28. The molecule has 0 spiro atoms. The first kappa shape index (κ1) is 18.8. The van der Waals surface area contributed by atoms with Crippen molar-refractivity contribution in [2.24, 2.45) is 0 Å². The molecule has 9 nitrogen and oxygen atoms in total. The van der Waals surface area contributed by atoms with Gasteiger partial charge in [-0.3, -0.25) is 14.7 Å². The number of sulfone groups is 1. The Morgan fingerprint density at radius 2 is 2.11 bits per heavy atom.